The maximum absolute atomic E-state index is 12.5. The Morgan fingerprint density at radius 1 is 1.22 bits per heavy atom. The monoisotopic (exact) mass is 322 g/mol. The number of carbonyl (C=O) groups is 3. The van der Waals surface area contributed by atoms with Crippen LogP contribution in [-0.4, -0.2) is 52.2 Å². The molecule has 7 heteroatoms. The molecule has 3 amide bonds. The third-order valence-corrected chi connectivity index (χ3v) is 3.23. The molecule has 0 aliphatic carbocycles. The van der Waals surface area contributed by atoms with Crippen LogP contribution >= 0.6 is 0 Å². The Hall–Kier alpha value is -2.41. The Morgan fingerprint density at radius 2 is 1.83 bits per heavy atom. The summed E-state index contributed by atoms with van der Waals surface area (Å²) in [4.78, 5) is 41.2. The van der Waals surface area contributed by atoms with Crippen LogP contribution in [-0.2, 0) is 20.8 Å². The molecule has 0 saturated carbocycles. The lowest BCUT2D eigenvalue weighted by molar-refractivity contribution is -0.153. The number of amides is 3. The van der Waals surface area contributed by atoms with Crippen LogP contribution in [0.3, 0.4) is 0 Å². The summed E-state index contributed by atoms with van der Waals surface area (Å²) in [6, 6.07) is 7.45. The first kappa shape index (κ1) is 18.6. The summed E-state index contributed by atoms with van der Waals surface area (Å²) in [7, 11) is 0. The number of nitrogens with zero attached hydrogens (tertiary/aromatic N) is 2. The average Bonchev–Trinajstić information content (AvgIpc) is 2.51. The minimum atomic E-state index is -1.26. The Bertz CT molecular complexity index is 547. The fourth-order valence-electron chi connectivity index (χ4n) is 2.05. The summed E-state index contributed by atoms with van der Waals surface area (Å²) in [5, 5.41) is 10.1. The molecule has 0 radical (unpaired) electrons. The lowest BCUT2D eigenvalue weighted by atomic mass is 10.1. The fraction of sp³-hybridized carbons (Fsp3) is 0.438. The van der Waals surface area contributed by atoms with E-state index in [0.717, 1.165) is 17.6 Å². The molecule has 0 saturated heterocycles. The number of carboxylic acids is 1. The van der Waals surface area contributed by atoms with E-state index in [0.29, 0.717) is 11.3 Å². The van der Waals surface area contributed by atoms with Gasteiger partial charge in [0.15, 0.2) is 0 Å². The van der Waals surface area contributed by atoms with Gasteiger partial charge in [0.25, 0.3) is 0 Å². The highest BCUT2D eigenvalue weighted by molar-refractivity contribution is 5.97. The van der Waals surface area contributed by atoms with Gasteiger partial charge in [-0.05, 0) is 25.8 Å². The number of urea groups is 1. The molecule has 1 rings (SSSR count). The lowest BCUT2D eigenvalue weighted by Crippen LogP contribution is -2.52. The summed E-state index contributed by atoms with van der Waals surface area (Å²) in [6.07, 6.45) is 0.528. The second kappa shape index (κ2) is 8.89. The van der Waals surface area contributed by atoms with E-state index in [1.165, 1.54) is 6.92 Å². The van der Waals surface area contributed by atoms with Crippen molar-refractivity contribution in [1.29, 1.82) is 0 Å². The first-order valence-corrected chi connectivity index (χ1v) is 7.39. The average molecular weight is 322 g/mol. The smallest absolute Gasteiger partial charge is 0.351 e. The van der Waals surface area contributed by atoms with Crippen LogP contribution in [0, 0.1) is 0 Å². The highest BCUT2D eigenvalue weighted by atomic mass is 16.7. The molecule has 0 heterocycles. The van der Waals surface area contributed by atoms with Crippen LogP contribution < -0.4 is 0 Å². The fourth-order valence-corrected chi connectivity index (χ4v) is 2.05. The summed E-state index contributed by atoms with van der Waals surface area (Å²) >= 11 is 0. The van der Waals surface area contributed by atoms with Crippen LogP contribution in [0.2, 0.25) is 0 Å². The second-order valence-corrected chi connectivity index (χ2v) is 4.94. The van der Waals surface area contributed by atoms with Crippen LogP contribution in [0.15, 0.2) is 30.3 Å². The van der Waals surface area contributed by atoms with Crippen LogP contribution in [0.25, 0.3) is 0 Å². The highest BCUT2D eigenvalue weighted by Gasteiger charge is 2.33. The molecule has 0 bridgehead atoms. The Kier molecular flexibility index (Phi) is 7.21. The number of rotatable bonds is 7. The van der Waals surface area contributed by atoms with Crippen molar-refractivity contribution in [3.63, 3.8) is 0 Å². The SMILES string of the molecule is CCON(CCc1ccccc1)C(=O)N(C(C)=O)C(C)C(=O)O. The molecule has 1 aromatic rings. The maximum atomic E-state index is 12.5. The standard InChI is InChI=1S/C16H22N2O5/c1-4-23-17(11-10-14-8-6-5-7-9-14)16(22)18(13(3)19)12(2)15(20)21/h5-9,12H,4,10-11H2,1-3H3,(H,20,21). The van der Waals surface area contributed by atoms with E-state index in [1.54, 1.807) is 6.92 Å². The minimum Gasteiger partial charge on any atom is -0.480 e. The summed E-state index contributed by atoms with van der Waals surface area (Å²) in [6.45, 7) is 4.59. The van der Waals surface area contributed by atoms with Gasteiger partial charge in [0.2, 0.25) is 5.91 Å². The van der Waals surface area contributed by atoms with Crippen LogP contribution in [0.1, 0.15) is 26.3 Å². The molecular weight excluding hydrogens is 300 g/mol. The lowest BCUT2D eigenvalue weighted by Gasteiger charge is -2.29. The van der Waals surface area contributed by atoms with Gasteiger partial charge in [-0.2, -0.15) is 0 Å². The van der Waals surface area contributed by atoms with Gasteiger partial charge in [0.1, 0.15) is 6.04 Å². The molecule has 0 spiro atoms. The Balaban J connectivity index is 2.86. The Labute approximate surface area is 135 Å². The Morgan fingerprint density at radius 3 is 2.30 bits per heavy atom. The first-order valence-electron chi connectivity index (χ1n) is 7.39. The van der Waals surface area contributed by atoms with Crippen LogP contribution in [0.4, 0.5) is 4.79 Å². The van der Waals surface area contributed by atoms with Crippen molar-refractivity contribution in [2.75, 3.05) is 13.2 Å². The predicted octanol–water partition coefficient (Wildman–Crippen LogP) is 1.92. The van der Waals surface area contributed by atoms with Crippen molar-refractivity contribution >= 4 is 17.9 Å². The molecule has 0 aromatic heterocycles. The van der Waals surface area contributed by atoms with E-state index in [2.05, 4.69) is 0 Å². The number of imide groups is 1. The molecule has 126 valence electrons. The normalized spacial score (nSPS) is 11.6. The van der Waals surface area contributed by atoms with E-state index in [4.69, 9.17) is 9.94 Å². The molecule has 23 heavy (non-hydrogen) atoms. The van der Waals surface area contributed by atoms with E-state index >= 15 is 0 Å². The van der Waals surface area contributed by atoms with Crippen molar-refractivity contribution in [3.05, 3.63) is 35.9 Å². The van der Waals surface area contributed by atoms with E-state index in [-0.39, 0.29) is 13.2 Å². The second-order valence-electron chi connectivity index (χ2n) is 4.94. The number of benzene rings is 1. The molecule has 1 aromatic carbocycles. The van der Waals surface area contributed by atoms with Gasteiger partial charge >= 0.3 is 12.0 Å². The quantitative estimate of drug-likeness (QED) is 0.775. The summed E-state index contributed by atoms with van der Waals surface area (Å²) in [5.41, 5.74) is 1.01. The molecule has 0 aliphatic heterocycles. The van der Waals surface area contributed by atoms with E-state index < -0.39 is 23.9 Å². The number of aliphatic carboxylic acids is 1. The third-order valence-electron chi connectivity index (χ3n) is 3.23. The highest BCUT2D eigenvalue weighted by Crippen LogP contribution is 2.09. The molecule has 0 aliphatic rings. The van der Waals surface area contributed by atoms with Gasteiger partial charge in [0.05, 0.1) is 13.2 Å². The van der Waals surface area contributed by atoms with E-state index in [9.17, 15) is 14.4 Å². The molecular formula is C16H22N2O5. The van der Waals surface area contributed by atoms with E-state index in [1.807, 2.05) is 30.3 Å². The van der Waals surface area contributed by atoms with Crippen molar-refractivity contribution in [3.8, 4) is 0 Å². The summed E-state index contributed by atoms with van der Waals surface area (Å²) < 4.78 is 0. The maximum Gasteiger partial charge on any atom is 0.351 e. The summed E-state index contributed by atoms with van der Waals surface area (Å²) in [5.74, 6) is -1.90. The van der Waals surface area contributed by atoms with Gasteiger partial charge < -0.3 is 5.11 Å². The van der Waals surface area contributed by atoms with Crippen molar-refractivity contribution in [2.24, 2.45) is 0 Å². The molecule has 1 atom stereocenters. The van der Waals surface area contributed by atoms with Gasteiger partial charge in [-0.3, -0.25) is 9.63 Å². The first-order chi connectivity index (χ1) is 10.9. The molecule has 1 unspecified atom stereocenters. The number of hydroxylamine groups is 2. The van der Waals surface area contributed by atoms with Crippen molar-refractivity contribution < 1.29 is 24.3 Å². The van der Waals surface area contributed by atoms with Crippen molar-refractivity contribution in [1.82, 2.24) is 9.96 Å². The number of carboxylic acid groups (broad SMARTS) is 1. The zero-order valence-electron chi connectivity index (χ0n) is 13.6. The number of hydrogen-bond donors (Lipinski definition) is 1. The van der Waals surface area contributed by atoms with Gasteiger partial charge in [-0.25, -0.2) is 19.6 Å². The van der Waals surface area contributed by atoms with Crippen molar-refractivity contribution in [2.45, 2.75) is 33.2 Å². The van der Waals surface area contributed by atoms with Gasteiger partial charge in [-0.1, -0.05) is 30.3 Å². The molecule has 7 nitrogen and oxygen atoms in total. The largest absolute Gasteiger partial charge is 0.480 e. The molecule has 1 N–H and O–H groups in total. The predicted molar refractivity (Wildman–Crippen MR) is 83.5 cm³/mol. The van der Waals surface area contributed by atoms with Crippen LogP contribution in [0.5, 0.6) is 0 Å². The number of carbonyl (C=O) groups excluding carboxylic acids is 2. The molecule has 0 fully saturated rings. The number of hydrogen-bond acceptors (Lipinski definition) is 4. The third kappa shape index (κ3) is 5.37. The minimum absolute atomic E-state index is 0.215. The zero-order valence-corrected chi connectivity index (χ0v) is 13.6. The van der Waals surface area contributed by atoms with Gasteiger partial charge in [-0.15, -0.1) is 0 Å². The topological polar surface area (TPSA) is 87.2 Å². The van der Waals surface area contributed by atoms with Gasteiger partial charge in [0, 0.05) is 6.92 Å². The zero-order chi connectivity index (χ0) is 17.4.